The first-order valence-electron chi connectivity index (χ1n) is 6.19. The summed E-state index contributed by atoms with van der Waals surface area (Å²) in [5.41, 5.74) is -0.188. The molecule has 2 aromatic rings. The van der Waals surface area contributed by atoms with Crippen LogP contribution in [0.3, 0.4) is 0 Å². The van der Waals surface area contributed by atoms with Gasteiger partial charge in [0.2, 0.25) is 5.82 Å². The Bertz CT molecular complexity index is 606. The van der Waals surface area contributed by atoms with Crippen molar-refractivity contribution >= 4 is 5.91 Å². The van der Waals surface area contributed by atoms with Crippen LogP contribution in [0.1, 0.15) is 41.9 Å². The van der Waals surface area contributed by atoms with E-state index >= 15 is 0 Å². The van der Waals surface area contributed by atoms with E-state index in [1.54, 1.807) is 0 Å². The fourth-order valence-corrected chi connectivity index (χ4v) is 1.81. The lowest BCUT2D eigenvalue weighted by Gasteiger charge is -2.14. The van der Waals surface area contributed by atoms with E-state index in [0.717, 1.165) is 12.1 Å². The maximum absolute atomic E-state index is 13.6. The number of nitrogens with zero attached hydrogens (tertiary/aromatic N) is 2. The normalized spacial score (nSPS) is 12.2. The van der Waals surface area contributed by atoms with Crippen LogP contribution in [0.25, 0.3) is 0 Å². The Morgan fingerprint density at radius 1 is 1.40 bits per heavy atom. The lowest BCUT2D eigenvalue weighted by molar-refractivity contribution is 0.0928. The molecule has 0 aliphatic carbocycles. The molecule has 0 spiro atoms. The molecule has 1 amide bonds. The van der Waals surface area contributed by atoms with Crippen molar-refractivity contribution < 1.29 is 13.6 Å². The zero-order valence-corrected chi connectivity index (χ0v) is 11.1. The van der Waals surface area contributed by atoms with Gasteiger partial charge in [-0.2, -0.15) is 0 Å². The molecule has 1 aromatic heterocycles. The Kier molecular flexibility index (Phi) is 4.07. The minimum Gasteiger partial charge on any atom is -0.343 e. The number of carbonyl (C=O) groups is 1. The van der Waals surface area contributed by atoms with Crippen molar-refractivity contribution in [3.63, 3.8) is 0 Å². The van der Waals surface area contributed by atoms with Crippen LogP contribution in [0.4, 0.5) is 8.78 Å². The highest BCUT2D eigenvalue weighted by molar-refractivity contribution is 5.90. The maximum Gasteiger partial charge on any atom is 0.291 e. The number of nitrogens with one attached hydrogen (secondary N) is 2. The monoisotopic (exact) mass is 280 g/mol. The number of rotatable bonds is 4. The average molecular weight is 280 g/mol. The van der Waals surface area contributed by atoms with Crippen molar-refractivity contribution in [2.75, 3.05) is 0 Å². The molecule has 1 atom stereocenters. The van der Waals surface area contributed by atoms with Crippen molar-refractivity contribution in [1.82, 2.24) is 20.5 Å². The first-order valence-corrected chi connectivity index (χ1v) is 6.19. The largest absolute Gasteiger partial charge is 0.343 e. The van der Waals surface area contributed by atoms with E-state index in [9.17, 15) is 13.6 Å². The molecule has 2 rings (SSSR count). The Morgan fingerprint density at radius 2 is 2.05 bits per heavy atom. The zero-order chi connectivity index (χ0) is 14.7. The van der Waals surface area contributed by atoms with Gasteiger partial charge in [0, 0.05) is 12.0 Å². The van der Waals surface area contributed by atoms with E-state index in [-0.39, 0.29) is 11.4 Å². The van der Waals surface area contributed by atoms with Gasteiger partial charge in [0.05, 0.1) is 6.04 Å². The van der Waals surface area contributed by atoms with Crippen LogP contribution in [-0.2, 0) is 6.42 Å². The van der Waals surface area contributed by atoms with Gasteiger partial charge in [-0.05, 0) is 19.1 Å². The van der Waals surface area contributed by atoms with Gasteiger partial charge >= 0.3 is 0 Å². The predicted molar refractivity (Wildman–Crippen MR) is 68.0 cm³/mol. The van der Waals surface area contributed by atoms with Crippen LogP contribution in [0.15, 0.2) is 18.2 Å². The third-order valence-corrected chi connectivity index (χ3v) is 2.85. The number of amides is 1. The van der Waals surface area contributed by atoms with E-state index in [1.165, 1.54) is 13.0 Å². The third-order valence-electron chi connectivity index (χ3n) is 2.85. The summed E-state index contributed by atoms with van der Waals surface area (Å²) < 4.78 is 27.2. The highest BCUT2D eigenvalue weighted by Crippen LogP contribution is 2.20. The molecule has 1 unspecified atom stereocenters. The van der Waals surface area contributed by atoms with E-state index in [2.05, 4.69) is 20.5 Å². The number of benzene rings is 1. The van der Waals surface area contributed by atoms with Crippen LogP contribution >= 0.6 is 0 Å². The van der Waals surface area contributed by atoms with Crippen LogP contribution < -0.4 is 5.32 Å². The fourth-order valence-electron chi connectivity index (χ4n) is 1.81. The first-order chi connectivity index (χ1) is 9.52. The minimum absolute atomic E-state index is 0.0505. The first kappa shape index (κ1) is 14.1. The van der Waals surface area contributed by atoms with Crippen LogP contribution in [0.5, 0.6) is 0 Å². The molecule has 0 fully saturated rings. The quantitative estimate of drug-likeness (QED) is 0.901. The number of hydrogen-bond acceptors (Lipinski definition) is 3. The Morgan fingerprint density at radius 3 is 2.60 bits per heavy atom. The molecule has 0 saturated heterocycles. The number of hydrogen-bond donors (Lipinski definition) is 2. The fraction of sp³-hybridized carbons (Fsp3) is 0.308. The summed E-state index contributed by atoms with van der Waals surface area (Å²) in [7, 11) is 0. The van der Waals surface area contributed by atoms with E-state index in [0.29, 0.717) is 12.2 Å². The summed E-state index contributed by atoms with van der Waals surface area (Å²) >= 11 is 0. The number of aromatic amines is 1. The van der Waals surface area contributed by atoms with Gasteiger partial charge in [-0.15, -0.1) is 5.10 Å². The second-order valence-corrected chi connectivity index (χ2v) is 4.29. The van der Waals surface area contributed by atoms with Crippen molar-refractivity contribution in [2.24, 2.45) is 0 Å². The molecule has 1 heterocycles. The van der Waals surface area contributed by atoms with Crippen molar-refractivity contribution in [1.29, 1.82) is 0 Å². The predicted octanol–water partition coefficient (Wildman–Crippen LogP) is 2.14. The second-order valence-electron chi connectivity index (χ2n) is 4.29. The van der Waals surface area contributed by atoms with Gasteiger partial charge in [-0.3, -0.25) is 9.89 Å². The molecule has 20 heavy (non-hydrogen) atoms. The minimum atomic E-state index is -0.827. The molecule has 0 radical (unpaired) electrons. The smallest absolute Gasteiger partial charge is 0.291 e. The van der Waals surface area contributed by atoms with Crippen LogP contribution in [-0.4, -0.2) is 21.1 Å². The summed E-state index contributed by atoms with van der Waals surface area (Å²) in [6.45, 7) is 3.35. The molecule has 1 aromatic carbocycles. The second kappa shape index (κ2) is 5.77. The summed E-state index contributed by atoms with van der Waals surface area (Å²) in [4.78, 5) is 15.8. The highest BCUT2D eigenvalue weighted by Gasteiger charge is 2.20. The standard InChI is InChI=1S/C13H14F2N4O/c1-3-10-17-12(19-18-10)13(20)16-7(2)11-8(14)5-4-6-9(11)15/h4-7H,3H2,1-2H3,(H,16,20)(H,17,18,19). The summed E-state index contributed by atoms with van der Waals surface area (Å²) in [6, 6.07) is 2.73. The summed E-state index contributed by atoms with van der Waals surface area (Å²) in [5.74, 6) is -1.48. The Labute approximate surface area is 114 Å². The summed E-state index contributed by atoms with van der Waals surface area (Å²) in [6.07, 6.45) is 0.609. The highest BCUT2D eigenvalue weighted by atomic mass is 19.1. The van der Waals surface area contributed by atoms with E-state index in [4.69, 9.17) is 0 Å². The Hall–Kier alpha value is -2.31. The van der Waals surface area contributed by atoms with Gasteiger partial charge < -0.3 is 5.32 Å². The number of aryl methyl sites for hydroxylation is 1. The van der Waals surface area contributed by atoms with Gasteiger partial charge in [-0.25, -0.2) is 13.8 Å². The van der Waals surface area contributed by atoms with Gasteiger partial charge in [0.25, 0.3) is 5.91 Å². The van der Waals surface area contributed by atoms with E-state index < -0.39 is 23.6 Å². The molecular weight excluding hydrogens is 266 g/mol. The number of aromatic nitrogens is 3. The molecule has 0 aliphatic heterocycles. The molecule has 0 bridgehead atoms. The number of H-pyrrole nitrogens is 1. The lowest BCUT2D eigenvalue weighted by Crippen LogP contribution is -2.28. The SMILES string of the molecule is CCc1nc(C(=O)NC(C)c2c(F)cccc2F)n[nH]1. The molecule has 0 aliphatic rings. The summed E-state index contributed by atoms with van der Waals surface area (Å²) in [5, 5.41) is 8.81. The van der Waals surface area contributed by atoms with Gasteiger partial charge in [0.15, 0.2) is 0 Å². The lowest BCUT2D eigenvalue weighted by atomic mass is 10.1. The van der Waals surface area contributed by atoms with Gasteiger partial charge in [0.1, 0.15) is 17.5 Å². The van der Waals surface area contributed by atoms with Crippen LogP contribution in [0, 0.1) is 11.6 Å². The molecule has 7 heteroatoms. The van der Waals surface area contributed by atoms with Crippen molar-refractivity contribution in [2.45, 2.75) is 26.3 Å². The molecule has 106 valence electrons. The third kappa shape index (κ3) is 2.81. The average Bonchev–Trinajstić information content (AvgIpc) is 2.87. The maximum atomic E-state index is 13.6. The van der Waals surface area contributed by atoms with Gasteiger partial charge in [-0.1, -0.05) is 13.0 Å². The molecule has 5 nitrogen and oxygen atoms in total. The number of halogens is 2. The molecular formula is C13H14F2N4O. The zero-order valence-electron chi connectivity index (χ0n) is 11.1. The Balaban J connectivity index is 2.15. The number of carbonyl (C=O) groups excluding carboxylic acids is 1. The topological polar surface area (TPSA) is 70.7 Å². The van der Waals surface area contributed by atoms with Crippen LogP contribution in [0.2, 0.25) is 0 Å². The molecule has 2 N–H and O–H groups in total. The van der Waals surface area contributed by atoms with Crippen molar-refractivity contribution in [3.8, 4) is 0 Å². The van der Waals surface area contributed by atoms with E-state index in [1.807, 2.05) is 6.92 Å². The molecule has 0 saturated carbocycles. The van der Waals surface area contributed by atoms with Crippen molar-refractivity contribution in [3.05, 3.63) is 47.0 Å².